The molecule has 0 spiro atoms. The van der Waals surface area contributed by atoms with Crippen molar-refractivity contribution < 1.29 is 32.3 Å². The van der Waals surface area contributed by atoms with Gasteiger partial charge in [0.05, 0.1) is 6.61 Å². The molecule has 0 heterocycles. The molecule has 0 radical (unpaired) electrons. The van der Waals surface area contributed by atoms with E-state index in [9.17, 15) is 27.6 Å². The molecule has 0 aliphatic heterocycles. The molecule has 9 heteroatoms. The third-order valence-electron chi connectivity index (χ3n) is 2.21. The zero-order valence-electron chi connectivity index (χ0n) is 11.5. The lowest BCUT2D eigenvalue weighted by molar-refractivity contribution is -0.199. The zero-order chi connectivity index (χ0) is 15.9. The number of carbonyl (C=O) groups excluding carboxylic acids is 3. The number of hydrogen-bond donors (Lipinski definition) is 0. The van der Waals surface area contributed by atoms with E-state index in [2.05, 4.69) is 4.74 Å². The minimum absolute atomic E-state index is 0.0624. The largest absolute Gasteiger partial charge is 0.490 e. The lowest BCUT2D eigenvalue weighted by atomic mass is 10.3. The van der Waals surface area contributed by atoms with Crippen LogP contribution in [0.15, 0.2) is 0 Å². The monoisotopic (exact) mass is 298 g/mol. The molecule has 0 aliphatic carbocycles. The minimum atomic E-state index is -5.04. The molecular weight excluding hydrogens is 281 g/mol. The molecule has 0 aromatic heterocycles. The van der Waals surface area contributed by atoms with E-state index in [4.69, 9.17) is 0 Å². The molecule has 20 heavy (non-hydrogen) atoms. The number of rotatable bonds is 5. The first-order valence-electron chi connectivity index (χ1n) is 5.86. The number of esters is 1. The number of halogens is 3. The van der Waals surface area contributed by atoms with Gasteiger partial charge in [0, 0.05) is 27.1 Å². The Balaban J connectivity index is 4.33. The fourth-order valence-electron chi connectivity index (χ4n) is 1.23. The van der Waals surface area contributed by atoms with Crippen LogP contribution < -0.4 is 0 Å². The van der Waals surface area contributed by atoms with Gasteiger partial charge in [-0.05, 0) is 6.42 Å². The average Bonchev–Trinajstić information content (AvgIpc) is 2.35. The van der Waals surface area contributed by atoms with Crippen LogP contribution in [0.4, 0.5) is 18.0 Å². The van der Waals surface area contributed by atoms with E-state index < -0.39 is 30.7 Å². The summed E-state index contributed by atoms with van der Waals surface area (Å²) in [5.74, 6) is -2.74. The van der Waals surface area contributed by atoms with Gasteiger partial charge in [-0.3, -0.25) is 9.69 Å². The molecule has 0 fully saturated rings. The van der Waals surface area contributed by atoms with Crippen LogP contribution in [0, 0.1) is 0 Å². The molecule has 0 atom stereocenters. The lowest BCUT2D eigenvalue weighted by Gasteiger charge is -2.24. The highest BCUT2D eigenvalue weighted by atomic mass is 19.4. The highest BCUT2D eigenvalue weighted by molar-refractivity contribution is 5.94. The third-order valence-corrected chi connectivity index (χ3v) is 2.21. The van der Waals surface area contributed by atoms with E-state index in [-0.39, 0.29) is 19.4 Å². The Morgan fingerprint density at radius 3 is 2.10 bits per heavy atom. The fraction of sp³-hybridized carbons (Fsp3) is 0.727. The summed E-state index contributed by atoms with van der Waals surface area (Å²) in [4.78, 5) is 35.7. The van der Waals surface area contributed by atoms with Crippen LogP contribution in [0.1, 0.15) is 19.8 Å². The van der Waals surface area contributed by atoms with Crippen molar-refractivity contribution in [1.82, 2.24) is 9.80 Å². The van der Waals surface area contributed by atoms with Crippen LogP contribution in [0.5, 0.6) is 0 Å². The highest BCUT2D eigenvalue weighted by Gasteiger charge is 2.40. The van der Waals surface area contributed by atoms with Gasteiger partial charge >= 0.3 is 18.2 Å². The Morgan fingerprint density at radius 1 is 1.15 bits per heavy atom. The first kappa shape index (κ1) is 18.2. The van der Waals surface area contributed by atoms with Gasteiger partial charge in [0.15, 0.2) is 0 Å². The van der Waals surface area contributed by atoms with E-state index in [1.807, 2.05) is 0 Å². The summed E-state index contributed by atoms with van der Waals surface area (Å²) in [6.45, 7) is 0.920. The maximum absolute atomic E-state index is 11.9. The number of carbonyl (C=O) groups is 3. The Bertz CT molecular complexity index is 369. The van der Waals surface area contributed by atoms with Crippen molar-refractivity contribution in [3.63, 3.8) is 0 Å². The van der Waals surface area contributed by atoms with Crippen molar-refractivity contribution in [3.8, 4) is 0 Å². The van der Waals surface area contributed by atoms with Gasteiger partial charge in [0.1, 0.15) is 0 Å². The van der Waals surface area contributed by atoms with Crippen LogP contribution in [-0.2, 0) is 14.3 Å². The first-order chi connectivity index (χ1) is 9.11. The summed E-state index contributed by atoms with van der Waals surface area (Å²) >= 11 is 0. The minimum Gasteiger partial charge on any atom is -0.459 e. The second-order valence-corrected chi connectivity index (χ2v) is 4.06. The molecular formula is C11H17F3N2O4. The molecule has 0 unspecified atom stereocenters. The maximum atomic E-state index is 11.9. The van der Waals surface area contributed by atoms with Gasteiger partial charge in [0.2, 0.25) is 5.91 Å². The Labute approximate surface area is 114 Å². The SMILES string of the molecule is CCC(=O)N(CCCOC(=O)C(F)(F)F)C(=O)N(C)C. The summed E-state index contributed by atoms with van der Waals surface area (Å²) in [5, 5.41) is 0. The quantitative estimate of drug-likeness (QED) is 0.568. The molecule has 0 N–H and O–H groups in total. The number of nitrogens with zero attached hydrogens (tertiary/aromatic N) is 2. The van der Waals surface area contributed by atoms with E-state index >= 15 is 0 Å². The van der Waals surface area contributed by atoms with Crippen molar-refractivity contribution in [3.05, 3.63) is 0 Å². The Morgan fingerprint density at radius 2 is 1.70 bits per heavy atom. The van der Waals surface area contributed by atoms with E-state index in [0.29, 0.717) is 0 Å². The van der Waals surface area contributed by atoms with Crippen LogP contribution in [0.2, 0.25) is 0 Å². The second kappa shape index (κ2) is 7.71. The average molecular weight is 298 g/mol. The van der Waals surface area contributed by atoms with Crippen LogP contribution in [0.25, 0.3) is 0 Å². The molecule has 0 bridgehead atoms. The molecule has 0 aromatic rings. The number of urea groups is 1. The first-order valence-corrected chi connectivity index (χ1v) is 5.86. The molecule has 0 aromatic carbocycles. The molecule has 6 nitrogen and oxygen atoms in total. The van der Waals surface area contributed by atoms with Gasteiger partial charge in [-0.1, -0.05) is 6.92 Å². The van der Waals surface area contributed by atoms with Crippen molar-refractivity contribution in [2.75, 3.05) is 27.2 Å². The molecule has 116 valence electrons. The summed E-state index contributed by atoms with van der Waals surface area (Å²) < 4.78 is 39.5. The van der Waals surface area contributed by atoms with Crippen LogP contribution >= 0.6 is 0 Å². The van der Waals surface area contributed by atoms with E-state index in [0.717, 1.165) is 4.90 Å². The molecule has 0 aliphatic rings. The molecule has 0 saturated heterocycles. The smallest absolute Gasteiger partial charge is 0.459 e. The molecule has 3 amide bonds. The number of amides is 3. The van der Waals surface area contributed by atoms with Gasteiger partial charge in [-0.15, -0.1) is 0 Å². The summed E-state index contributed by atoms with van der Waals surface area (Å²) in [5.41, 5.74) is 0. The topological polar surface area (TPSA) is 66.9 Å². The van der Waals surface area contributed by atoms with Crippen molar-refractivity contribution >= 4 is 17.9 Å². The Hall–Kier alpha value is -1.80. The number of ether oxygens (including phenoxy) is 1. The second-order valence-electron chi connectivity index (χ2n) is 4.06. The fourth-order valence-corrected chi connectivity index (χ4v) is 1.23. The Kier molecular flexibility index (Phi) is 7.01. The zero-order valence-corrected chi connectivity index (χ0v) is 11.5. The predicted molar refractivity (Wildman–Crippen MR) is 62.7 cm³/mol. The van der Waals surface area contributed by atoms with Gasteiger partial charge in [-0.25, -0.2) is 9.59 Å². The standard InChI is InChI=1S/C11H17F3N2O4/c1-4-8(17)16(10(19)15(2)3)6-5-7-20-9(18)11(12,13)14/h4-7H2,1-3H3. The lowest BCUT2D eigenvalue weighted by Crippen LogP contribution is -2.43. The van der Waals surface area contributed by atoms with Gasteiger partial charge in [-0.2, -0.15) is 13.2 Å². The van der Waals surface area contributed by atoms with Crippen molar-refractivity contribution in [2.45, 2.75) is 25.9 Å². The predicted octanol–water partition coefficient (Wildman–Crippen LogP) is 1.40. The van der Waals surface area contributed by atoms with Crippen molar-refractivity contribution in [1.29, 1.82) is 0 Å². The van der Waals surface area contributed by atoms with Crippen molar-refractivity contribution in [2.24, 2.45) is 0 Å². The third kappa shape index (κ3) is 5.89. The van der Waals surface area contributed by atoms with Crippen LogP contribution in [0.3, 0.4) is 0 Å². The summed E-state index contributed by atoms with van der Waals surface area (Å²) in [6, 6.07) is -0.570. The van der Waals surface area contributed by atoms with Gasteiger partial charge < -0.3 is 9.64 Å². The normalized spacial score (nSPS) is 10.9. The van der Waals surface area contributed by atoms with E-state index in [1.165, 1.54) is 19.0 Å². The highest BCUT2D eigenvalue weighted by Crippen LogP contribution is 2.16. The van der Waals surface area contributed by atoms with E-state index in [1.54, 1.807) is 6.92 Å². The van der Waals surface area contributed by atoms with Crippen LogP contribution in [-0.4, -0.2) is 61.1 Å². The summed E-state index contributed by atoms with van der Waals surface area (Å²) in [6.07, 6.45) is -5.02. The summed E-state index contributed by atoms with van der Waals surface area (Å²) in [7, 11) is 2.89. The number of alkyl halides is 3. The molecule has 0 rings (SSSR count). The molecule has 0 saturated carbocycles. The maximum Gasteiger partial charge on any atom is 0.490 e. The van der Waals surface area contributed by atoms with Gasteiger partial charge in [0.25, 0.3) is 0 Å². The number of hydrogen-bond acceptors (Lipinski definition) is 4. The number of imide groups is 1.